The lowest BCUT2D eigenvalue weighted by Gasteiger charge is -2.09. The molecule has 0 N–H and O–H groups in total. The predicted molar refractivity (Wildman–Crippen MR) is 47.0 cm³/mol. The van der Waals surface area contributed by atoms with Crippen molar-refractivity contribution in [2.45, 2.75) is 39.2 Å². The zero-order valence-electron chi connectivity index (χ0n) is 7.91. The van der Waals surface area contributed by atoms with Gasteiger partial charge in [-0.25, -0.2) is 0 Å². The molecule has 0 fully saturated rings. The summed E-state index contributed by atoms with van der Waals surface area (Å²) in [6, 6.07) is 0. The second-order valence-corrected chi connectivity index (χ2v) is 2.76. The molecular weight excluding hydrogens is 156 g/mol. The quantitative estimate of drug-likeness (QED) is 0.415. The summed E-state index contributed by atoms with van der Waals surface area (Å²) in [6.07, 6.45) is 3.23. The minimum absolute atomic E-state index is 0.344. The summed E-state index contributed by atoms with van der Waals surface area (Å²) >= 11 is 0. The maximum absolute atomic E-state index is 9.74. The van der Waals surface area contributed by atoms with Crippen LogP contribution in [-0.4, -0.2) is 25.8 Å². The van der Waals surface area contributed by atoms with Gasteiger partial charge in [0.05, 0.1) is 12.7 Å². The van der Waals surface area contributed by atoms with Crippen LogP contribution in [0.3, 0.4) is 0 Å². The minimum Gasteiger partial charge on any atom is -0.468 e. The van der Waals surface area contributed by atoms with Gasteiger partial charge in [0.2, 0.25) is 0 Å². The van der Waals surface area contributed by atoms with Crippen molar-refractivity contribution in [3.8, 4) is 0 Å². The topological polar surface area (TPSA) is 35.5 Å². The van der Waals surface area contributed by atoms with Crippen molar-refractivity contribution in [1.29, 1.82) is 0 Å². The molecule has 0 aromatic rings. The first-order valence-corrected chi connectivity index (χ1v) is 4.48. The van der Waals surface area contributed by atoms with E-state index in [2.05, 4.69) is 18.6 Å². The fourth-order valence-electron chi connectivity index (χ4n) is 0.738. The number of carbonyl (C=O) groups excluding carboxylic acids is 1. The van der Waals surface area contributed by atoms with E-state index in [4.69, 9.17) is 4.74 Å². The molecule has 0 saturated heterocycles. The lowest BCUT2D eigenvalue weighted by atomic mass is 10.3. The molecule has 12 heavy (non-hydrogen) atoms. The van der Waals surface area contributed by atoms with Crippen molar-refractivity contribution in [1.82, 2.24) is 0 Å². The third-order valence-electron chi connectivity index (χ3n) is 1.70. The highest BCUT2D eigenvalue weighted by atomic mass is 16.5. The minimum atomic E-state index is 0.344. The molecule has 0 aliphatic rings. The number of carbonyl (C=O) groups is 1. The summed E-state index contributed by atoms with van der Waals surface area (Å²) < 4.78 is 9.96. The normalized spacial score (nSPS) is 12.5. The van der Waals surface area contributed by atoms with E-state index in [-0.39, 0.29) is 0 Å². The van der Waals surface area contributed by atoms with Gasteiger partial charge in [-0.15, -0.1) is 0 Å². The average Bonchev–Trinajstić information content (AvgIpc) is 2.10. The van der Waals surface area contributed by atoms with E-state index in [0.717, 1.165) is 25.9 Å². The molecule has 0 rings (SSSR count). The molecule has 0 aromatic heterocycles. The molecule has 0 aliphatic heterocycles. The molecule has 72 valence electrons. The van der Waals surface area contributed by atoms with E-state index in [1.165, 1.54) is 0 Å². The van der Waals surface area contributed by atoms with Crippen LogP contribution in [0.2, 0.25) is 0 Å². The van der Waals surface area contributed by atoms with Crippen molar-refractivity contribution in [3.05, 3.63) is 0 Å². The van der Waals surface area contributed by atoms with E-state index in [0.29, 0.717) is 19.2 Å². The van der Waals surface area contributed by atoms with Crippen LogP contribution < -0.4 is 0 Å². The van der Waals surface area contributed by atoms with Gasteiger partial charge in [0.15, 0.2) is 0 Å². The first-order valence-electron chi connectivity index (χ1n) is 4.48. The molecule has 0 radical (unpaired) electrons. The smallest absolute Gasteiger partial charge is 0.293 e. The van der Waals surface area contributed by atoms with Crippen LogP contribution in [0.4, 0.5) is 0 Å². The highest BCUT2D eigenvalue weighted by Crippen LogP contribution is 1.98. The lowest BCUT2D eigenvalue weighted by Crippen LogP contribution is -2.07. The third-order valence-corrected chi connectivity index (χ3v) is 1.70. The Bertz CT molecular complexity index is 104. The fourth-order valence-corrected chi connectivity index (χ4v) is 0.738. The van der Waals surface area contributed by atoms with Crippen molar-refractivity contribution < 1.29 is 14.3 Å². The van der Waals surface area contributed by atoms with Gasteiger partial charge in [-0.3, -0.25) is 4.79 Å². The zero-order valence-corrected chi connectivity index (χ0v) is 7.91. The van der Waals surface area contributed by atoms with Crippen LogP contribution in [-0.2, 0) is 14.3 Å². The predicted octanol–water partition coefficient (Wildman–Crippen LogP) is 1.75. The van der Waals surface area contributed by atoms with Gasteiger partial charge in [0.25, 0.3) is 6.47 Å². The number of hydrogen-bond donors (Lipinski definition) is 0. The number of ether oxygens (including phenoxy) is 2. The maximum atomic E-state index is 9.74. The molecule has 0 bridgehead atoms. The SMILES string of the molecule is CCC(C)OCCCCOC=O. The Hall–Kier alpha value is -0.570. The molecule has 0 aliphatic carbocycles. The number of rotatable bonds is 8. The molecule has 0 saturated carbocycles. The first-order chi connectivity index (χ1) is 5.81. The molecule has 0 heterocycles. The summed E-state index contributed by atoms with van der Waals surface area (Å²) in [6.45, 7) is 5.90. The Morgan fingerprint density at radius 3 is 2.58 bits per heavy atom. The zero-order chi connectivity index (χ0) is 9.23. The van der Waals surface area contributed by atoms with Crippen LogP contribution >= 0.6 is 0 Å². The second kappa shape index (κ2) is 8.53. The molecule has 0 aromatic carbocycles. The van der Waals surface area contributed by atoms with Crippen molar-refractivity contribution in [3.63, 3.8) is 0 Å². The number of hydrogen-bond acceptors (Lipinski definition) is 3. The maximum Gasteiger partial charge on any atom is 0.293 e. The van der Waals surface area contributed by atoms with Crippen molar-refractivity contribution in [2.24, 2.45) is 0 Å². The van der Waals surface area contributed by atoms with Gasteiger partial charge in [-0.1, -0.05) is 6.92 Å². The monoisotopic (exact) mass is 174 g/mol. The van der Waals surface area contributed by atoms with Crippen LogP contribution in [0, 0.1) is 0 Å². The lowest BCUT2D eigenvalue weighted by molar-refractivity contribution is -0.128. The van der Waals surface area contributed by atoms with Gasteiger partial charge in [-0.05, 0) is 26.2 Å². The Morgan fingerprint density at radius 2 is 2.00 bits per heavy atom. The summed E-state index contributed by atoms with van der Waals surface area (Å²) in [5.74, 6) is 0. The third kappa shape index (κ3) is 7.54. The van der Waals surface area contributed by atoms with Crippen LogP contribution in [0.25, 0.3) is 0 Å². The highest BCUT2D eigenvalue weighted by Gasteiger charge is 1.96. The largest absolute Gasteiger partial charge is 0.468 e. The highest BCUT2D eigenvalue weighted by molar-refractivity contribution is 5.36. The van der Waals surface area contributed by atoms with Crippen LogP contribution in [0.5, 0.6) is 0 Å². The Morgan fingerprint density at radius 1 is 1.33 bits per heavy atom. The summed E-state index contributed by atoms with van der Waals surface area (Å²) in [5, 5.41) is 0. The van der Waals surface area contributed by atoms with Gasteiger partial charge in [0.1, 0.15) is 0 Å². The molecule has 3 heteroatoms. The second-order valence-electron chi connectivity index (χ2n) is 2.76. The van der Waals surface area contributed by atoms with Gasteiger partial charge >= 0.3 is 0 Å². The molecule has 0 amide bonds. The Kier molecular flexibility index (Phi) is 8.12. The van der Waals surface area contributed by atoms with E-state index < -0.39 is 0 Å². The fraction of sp³-hybridized carbons (Fsp3) is 0.889. The molecular formula is C9H18O3. The molecule has 1 unspecified atom stereocenters. The van der Waals surface area contributed by atoms with Gasteiger partial charge < -0.3 is 9.47 Å². The Labute approximate surface area is 74.0 Å². The van der Waals surface area contributed by atoms with Crippen molar-refractivity contribution in [2.75, 3.05) is 13.2 Å². The van der Waals surface area contributed by atoms with E-state index in [1.54, 1.807) is 0 Å². The summed E-state index contributed by atoms with van der Waals surface area (Å²) in [5.41, 5.74) is 0. The van der Waals surface area contributed by atoms with E-state index in [9.17, 15) is 4.79 Å². The average molecular weight is 174 g/mol. The molecule has 3 nitrogen and oxygen atoms in total. The van der Waals surface area contributed by atoms with Crippen LogP contribution in [0.15, 0.2) is 0 Å². The van der Waals surface area contributed by atoms with Crippen molar-refractivity contribution >= 4 is 6.47 Å². The van der Waals surface area contributed by atoms with Gasteiger partial charge in [0, 0.05) is 6.61 Å². The summed E-state index contributed by atoms with van der Waals surface area (Å²) in [4.78, 5) is 9.74. The van der Waals surface area contributed by atoms with E-state index >= 15 is 0 Å². The van der Waals surface area contributed by atoms with Crippen LogP contribution in [0.1, 0.15) is 33.1 Å². The van der Waals surface area contributed by atoms with E-state index in [1.807, 2.05) is 0 Å². The first kappa shape index (κ1) is 11.4. The standard InChI is InChI=1S/C9H18O3/c1-3-9(2)12-7-5-4-6-11-8-10/h8-9H,3-7H2,1-2H3. The van der Waals surface area contributed by atoms with Gasteiger partial charge in [-0.2, -0.15) is 0 Å². The number of unbranched alkanes of at least 4 members (excludes halogenated alkanes) is 1. The molecule has 0 spiro atoms. The molecule has 1 atom stereocenters. The Balaban J connectivity index is 2.95. The summed E-state index contributed by atoms with van der Waals surface area (Å²) in [7, 11) is 0.